The van der Waals surface area contributed by atoms with Crippen molar-refractivity contribution in [2.45, 2.75) is 12.1 Å². The monoisotopic (exact) mass is 499 g/mol. The molecule has 4 aromatic carbocycles. The summed E-state index contributed by atoms with van der Waals surface area (Å²) < 4.78 is 6.16. The number of nitrogens with two attached hydrogens (primary N) is 1. The topological polar surface area (TPSA) is 63.5 Å². The van der Waals surface area contributed by atoms with Crippen molar-refractivity contribution in [3.63, 3.8) is 0 Å². The fourth-order valence-electron chi connectivity index (χ4n) is 4.15. The molecule has 0 aliphatic heterocycles. The number of nitrogens with zero attached hydrogens (tertiary/aromatic N) is 1. The van der Waals surface area contributed by atoms with Gasteiger partial charge in [-0.1, -0.05) is 102 Å². The van der Waals surface area contributed by atoms with E-state index in [2.05, 4.69) is 29.6 Å². The zero-order valence-electron chi connectivity index (χ0n) is 18.7. The Morgan fingerprint density at radius 1 is 0.714 bits per heavy atom. The molecule has 0 saturated carbocycles. The molecule has 1 unspecified atom stereocenters. The number of aliphatic imine (C=N–C) groups is 1. The van der Waals surface area contributed by atoms with Crippen molar-refractivity contribution in [1.29, 1.82) is 0 Å². The van der Waals surface area contributed by atoms with Gasteiger partial charge in [0.1, 0.15) is 17.4 Å². The Hall–Kier alpha value is -3.73. The second kappa shape index (κ2) is 10.3. The van der Waals surface area contributed by atoms with E-state index in [4.69, 9.17) is 38.3 Å². The highest BCUT2D eigenvalue weighted by molar-refractivity contribution is 6.34. The zero-order valence-corrected chi connectivity index (χ0v) is 20.2. The largest absolute Gasteiger partial charge is 0.458 e. The lowest BCUT2D eigenvalue weighted by Crippen LogP contribution is -2.36. The molecule has 0 bridgehead atoms. The molecule has 0 fully saturated rings. The van der Waals surface area contributed by atoms with Crippen LogP contribution in [-0.4, -0.2) is 5.96 Å². The van der Waals surface area contributed by atoms with E-state index in [-0.39, 0.29) is 12.0 Å². The quantitative estimate of drug-likeness (QED) is 0.187. The minimum absolute atomic E-state index is 0.180. The number of halogens is 2. The molecule has 0 aliphatic rings. The number of nitrogens with one attached hydrogen (secondary N) is 1. The summed E-state index contributed by atoms with van der Waals surface area (Å²) in [5.74, 6) is 0.912. The van der Waals surface area contributed by atoms with Crippen LogP contribution in [-0.2, 0) is 0 Å². The number of rotatable bonds is 6. The number of fused-ring (bicyclic) bond motifs is 1. The number of hydrogen-bond acceptors (Lipinski definition) is 2. The average molecular weight is 500 g/mol. The molecule has 1 atom stereocenters. The first-order chi connectivity index (χ1) is 17.1. The van der Waals surface area contributed by atoms with Crippen LogP contribution >= 0.6 is 23.2 Å². The molecule has 0 radical (unpaired) electrons. The molecular formula is C29H23Cl2N3O. The van der Waals surface area contributed by atoms with Crippen LogP contribution in [0.25, 0.3) is 11.0 Å². The molecule has 0 amide bonds. The highest BCUT2D eigenvalue weighted by Crippen LogP contribution is 2.34. The van der Waals surface area contributed by atoms with Crippen LogP contribution in [0.3, 0.4) is 0 Å². The van der Waals surface area contributed by atoms with Gasteiger partial charge in [-0.15, -0.1) is 0 Å². The summed E-state index contributed by atoms with van der Waals surface area (Å²) >= 11 is 12.7. The van der Waals surface area contributed by atoms with Gasteiger partial charge in [0.2, 0.25) is 0 Å². The van der Waals surface area contributed by atoms with Crippen molar-refractivity contribution >= 4 is 40.1 Å². The lowest BCUT2D eigenvalue weighted by Gasteiger charge is -2.21. The molecule has 174 valence electrons. The minimum atomic E-state index is -0.543. The fourth-order valence-corrected chi connectivity index (χ4v) is 4.69. The second-order valence-electron chi connectivity index (χ2n) is 8.20. The molecule has 6 heteroatoms. The van der Waals surface area contributed by atoms with Crippen LogP contribution in [0.1, 0.15) is 34.5 Å². The molecule has 3 N–H and O–H groups in total. The average Bonchev–Trinajstić information content (AvgIpc) is 3.30. The number of benzene rings is 4. The predicted molar refractivity (Wildman–Crippen MR) is 144 cm³/mol. The maximum atomic E-state index is 6.53. The molecule has 5 rings (SSSR count). The van der Waals surface area contributed by atoms with Gasteiger partial charge in [0, 0.05) is 15.4 Å². The summed E-state index contributed by atoms with van der Waals surface area (Å²) in [7, 11) is 0. The van der Waals surface area contributed by atoms with E-state index in [9.17, 15) is 0 Å². The Balaban J connectivity index is 1.56. The van der Waals surface area contributed by atoms with E-state index in [1.807, 2.05) is 78.9 Å². The lowest BCUT2D eigenvalue weighted by molar-refractivity contribution is 0.524. The van der Waals surface area contributed by atoms with Gasteiger partial charge < -0.3 is 15.5 Å². The summed E-state index contributed by atoms with van der Waals surface area (Å²) in [4.78, 5) is 4.86. The Morgan fingerprint density at radius 2 is 1.29 bits per heavy atom. The van der Waals surface area contributed by atoms with Crippen molar-refractivity contribution in [2.24, 2.45) is 10.7 Å². The third kappa shape index (κ3) is 5.35. The SMILES string of the molecule is NC(=NC(c1cc(Cl)cc(Cl)c1)c1cc2ccccc2o1)NC(c1ccccc1)c1ccccc1. The maximum absolute atomic E-state index is 6.53. The van der Waals surface area contributed by atoms with Crippen molar-refractivity contribution in [1.82, 2.24) is 5.32 Å². The van der Waals surface area contributed by atoms with Crippen LogP contribution in [0.15, 0.2) is 119 Å². The van der Waals surface area contributed by atoms with E-state index in [1.54, 1.807) is 6.07 Å². The summed E-state index contributed by atoms with van der Waals surface area (Å²) in [6.45, 7) is 0. The fraction of sp³-hybridized carbons (Fsp3) is 0.0690. The number of para-hydroxylation sites is 1. The number of furan rings is 1. The maximum Gasteiger partial charge on any atom is 0.190 e. The Bertz CT molecular complexity index is 1370. The van der Waals surface area contributed by atoms with Gasteiger partial charge in [-0.05, 0) is 47.0 Å². The first-order valence-electron chi connectivity index (χ1n) is 11.2. The van der Waals surface area contributed by atoms with Gasteiger partial charge in [-0.3, -0.25) is 0 Å². The van der Waals surface area contributed by atoms with Gasteiger partial charge >= 0.3 is 0 Å². The van der Waals surface area contributed by atoms with Crippen LogP contribution < -0.4 is 11.1 Å². The van der Waals surface area contributed by atoms with Gasteiger partial charge in [0.15, 0.2) is 5.96 Å². The molecule has 0 saturated heterocycles. The van der Waals surface area contributed by atoms with Crippen LogP contribution in [0.4, 0.5) is 0 Å². The highest BCUT2D eigenvalue weighted by Gasteiger charge is 2.21. The van der Waals surface area contributed by atoms with Gasteiger partial charge in [-0.2, -0.15) is 0 Å². The molecule has 1 heterocycles. The normalized spacial score (nSPS) is 12.7. The van der Waals surface area contributed by atoms with Crippen LogP contribution in [0.5, 0.6) is 0 Å². The highest BCUT2D eigenvalue weighted by atomic mass is 35.5. The third-order valence-electron chi connectivity index (χ3n) is 5.74. The van der Waals surface area contributed by atoms with Gasteiger partial charge in [0.05, 0.1) is 6.04 Å². The zero-order chi connectivity index (χ0) is 24.2. The molecule has 35 heavy (non-hydrogen) atoms. The molecular weight excluding hydrogens is 477 g/mol. The molecule has 1 aromatic heterocycles. The molecule has 4 nitrogen and oxygen atoms in total. The predicted octanol–water partition coefficient (Wildman–Crippen LogP) is 7.52. The van der Waals surface area contributed by atoms with E-state index < -0.39 is 6.04 Å². The van der Waals surface area contributed by atoms with Crippen molar-refractivity contribution < 1.29 is 4.42 Å². The Morgan fingerprint density at radius 3 is 1.89 bits per heavy atom. The van der Waals surface area contributed by atoms with Gasteiger partial charge in [0.25, 0.3) is 0 Å². The first-order valence-corrected chi connectivity index (χ1v) is 12.0. The van der Waals surface area contributed by atoms with Gasteiger partial charge in [-0.25, -0.2) is 4.99 Å². The number of hydrogen-bond donors (Lipinski definition) is 2. The van der Waals surface area contributed by atoms with Crippen LogP contribution in [0, 0.1) is 0 Å². The van der Waals surface area contributed by atoms with Crippen molar-refractivity contribution in [3.8, 4) is 0 Å². The number of guanidine groups is 1. The Labute approximate surface area is 214 Å². The molecule has 5 aromatic rings. The van der Waals surface area contributed by atoms with E-state index in [0.717, 1.165) is 27.7 Å². The van der Waals surface area contributed by atoms with E-state index >= 15 is 0 Å². The third-order valence-corrected chi connectivity index (χ3v) is 6.18. The molecule has 0 aliphatic carbocycles. The molecule has 0 spiro atoms. The summed E-state index contributed by atoms with van der Waals surface area (Å²) in [5, 5.41) is 5.41. The standard InChI is InChI=1S/C29H23Cl2N3O/c30-23-15-22(16-24(31)18-23)28(26-17-21-13-7-8-14-25(21)35-26)34-29(32)33-27(19-9-3-1-4-10-19)20-11-5-2-6-12-20/h1-18,27-28H,(H3,32,33,34). The summed E-state index contributed by atoms with van der Waals surface area (Å²) in [6.07, 6.45) is 0. The van der Waals surface area contributed by atoms with Crippen molar-refractivity contribution in [2.75, 3.05) is 0 Å². The first kappa shape index (κ1) is 23.0. The van der Waals surface area contributed by atoms with E-state index in [1.165, 1.54) is 0 Å². The lowest BCUT2D eigenvalue weighted by atomic mass is 9.99. The van der Waals surface area contributed by atoms with E-state index in [0.29, 0.717) is 15.8 Å². The van der Waals surface area contributed by atoms with Crippen molar-refractivity contribution in [3.05, 3.63) is 142 Å². The Kier molecular flexibility index (Phi) is 6.75. The summed E-state index contributed by atoms with van der Waals surface area (Å²) in [6, 6.07) is 34.7. The smallest absolute Gasteiger partial charge is 0.190 e. The van der Waals surface area contributed by atoms with Crippen LogP contribution in [0.2, 0.25) is 10.0 Å². The summed E-state index contributed by atoms with van der Waals surface area (Å²) in [5.41, 5.74) is 10.2. The minimum Gasteiger partial charge on any atom is -0.458 e. The second-order valence-corrected chi connectivity index (χ2v) is 9.08.